The van der Waals surface area contributed by atoms with Crippen molar-refractivity contribution in [1.82, 2.24) is 0 Å². The van der Waals surface area contributed by atoms with Gasteiger partial charge in [-0.3, -0.25) is 4.79 Å². The maximum atomic E-state index is 12.8. The standard InChI is InChI=1S/C21H24ClNO4S/c1-4-16(5-2)28(25,26)17-11-12-20(27-3)19(14-17)23-21(24)13-10-15-8-6-7-9-18(15)22/h6-14,16H,4-5H2,1-3H3,(H,23,24). The average molecular weight is 422 g/mol. The van der Waals surface area contributed by atoms with Crippen molar-refractivity contribution in [3.8, 4) is 5.75 Å². The molecule has 0 fully saturated rings. The van der Waals surface area contributed by atoms with E-state index in [0.717, 1.165) is 0 Å². The summed E-state index contributed by atoms with van der Waals surface area (Å²) in [5.74, 6) is -0.0432. The van der Waals surface area contributed by atoms with Crippen molar-refractivity contribution < 1.29 is 17.9 Å². The highest BCUT2D eigenvalue weighted by Gasteiger charge is 2.25. The first-order valence-electron chi connectivity index (χ1n) is 8.99. The van der Waals surface area contributed by atoms with Crippen LogP contribution < -0.4 is 10.1 Å². The molecule has 0 saturated carbocycles. The molecule has 1 N–H and O–H groups in total. The third-order valence-corrected chi connectivity index (χ3v) is 7.23. The van der Waals surface area contributed by atoms with Gasteiger partial charge in [-0.2, -0.15) is 0 Å². The molecule has 0 aromatic heterocycles. The number of halogens is 1. The lowest BCUT2D eigenvalue weighted by atomic mass is 10.2. The van der Waals surface area contributed by atoms with Crippen LogP contribution in [-0.2, 0) is 14.6 Å². The molecule has 2 aromatic carbocycles. The summed E-state index contributed by atoms with van der Waals surface area (Å²) in [5, 5.41) is 2.74. The summed E-state index contributed by atoms with van der Waals surface area (Å²) in [6, 6.07) is 11.6. The van der Waals surface area contributed by atoms with E-state index in [0.29, 0.717) is 34.9 Å². The monoisotopic (exact) mass is 421 g/mol. The molecule has 28 heavy (non-hydrogen) atoms. The van der Waals surface area contributed by atoms with Crippen molar-refractivity contribution in [2.24, 2.45) is 0 Å². The van der Waals surface area contributed by atoms with Gasteiger partial charge in [0.15, 0.2) is 9.84 Å². The zero-order chi connectivity index (χ0) is 20.7. The molecule has 0 aliphatic carbocycles. The number of methoxy groups -OCH3 is 1. The Hall–Kier alpha value is -2.31. The predicted molar refractivity (Wildman–Crippen MR) is 114 cm³/mol. The molecule has 0 aliphatic heterocycles. The Kier molecular flexibility index (Phi) is 7.66. The minimum absolute atomic E-state index is 0.160. The van der Waals surface area contributed by atoms with Crippen LogP contribution in [0.3, 0.4) is 0 Å². The molecule has 2 rings (SSSR count). The minimum Gasteiger partial charge on any atom is -0.495 e. The van der Waals surface area contributed by atoms with E-state index in [-0.39, 0.29) is 4.90 Å². The Bertz CT molecular complexity index is 966. The summed E-state index contributed by atoms with van der Waals surface area (Å²) in [5.41, 5.74) is 1.000. The van der Waals surface area contributed by atoms with Crippen LogP contribution in [0.1, 0.15) is 32.3 Å². The van der Waals surface area contributed by atoms with Crippen LogP contribution in [0.5, 0.6) is 5.75 Å². The summed E-state index contributed by atoms with van der Waals surface area (Å²) in [7, 11) is -2.03. The van der Waals surface area contributed by atoms with Crippen molar-refractivity contribution >= 4 is 39.1 Å². The fraction of sp³-hybridized carbons (Fsp3) is 0.286. The van der Waals surface area contributed by atoms with E-state index in [1.165, 1.54) is 25.3 Å². The number of hydrogen-bond donors (Lipinski definition) is 1. The highest BCUT2D eigenvalue weighted by atomic mass is 35.5. The van der Waals surface area contributed by atoms with E-state index >= 15 is 0 Å². The maximum Gasteiger partial charge on any atom is 0.248 e. The molecule has 0 heterocycles. The smallest absolute Gasteiger partial charge is 0.248 e. The second-order valence-corrected chi connectivity index (χ2v) is 8.82. The number of sulfone groups is 1. The SMILES string of the molecule is CCC(CC)S(=O)(=O)c1ccc(OC)c(NC(=O)C=Cc2ccccc2Cl)c1. The Morgan fingerprint density at radius 3 is 2.46 bits per heavy atom. The molecule has 0 saturated heterocycles. The van der Waals surface area contributed by atoms with E-state index in [9.17, 15) is 13.2 Å². The van der Waals surface area contributed by atoms with Crippen molar-refractivity contribution in [1.29, 1.82) is 0 Å². The summed E-state index contributed by atoms with van der Waals surface area (Å²) in [4.78, 5) is 12.5. The molecular formula is C21H24ClNO4S. The van der Waals surface area contributed by atoms with Crippen molar-refractivity contribution in [2.75, 3.05) is 12.4 Å². The second-order valence-electron chi connectivity index (χ2n) is 6.19. The Balaban J connectivity index is 2.29. The largest absolute Gasteiger partial charge is 0.495 e. The molecule has 0 unspecified atom stereocenters. The number of nitrogens with one attached hydrogen (secondary N) is 1. The number of carbonyl (C=O) groups excluding carboxylic acids is 1. The fourth-order valence-corrected chi connectivity index (χ4v) is 4.83. The maximum absolute atomic E-state index is 12.8. The normalized spacial score (nSPS) is 11.8. The van der Waals surface area contributed by atoms with Crippen LogP contribution in [0.25, 0.3) is 6.08 Å². The molecular weight excluding hydrogens is 398 g/mol. The van der Waals surface area contributed by atoms with E-state index in [1.807, 2.05) is 19.9 Å². The van der Waals surface area contributed by atoms with Crippen LogP contribution in [-0.4, -0.2) is 26.7 Å². The fourth-order valence-electron chi connectivity index (χ4n) is 2.83. The molecule has 5 nitrogen and oxygen atoms in total. The van der Waals surface area contributed by atoms with Gasteiger partial charge in [0, 0.05) is 11.1 Å². The summed E-state index contributed by atoms with van der Waals surface area (Å²) >= 11 is 6.07. The molecule has 0 aliphatic rings. The van der Waals surface area contributed by atoms with Gasteiger partial charge in [0.1, 0.15) is 5.75 Å². The van der Waals surface area contributed by atoms with Gasteiger partial charge >= 0.3 is 0 Å². The molecule has 2 aromatic rings. The van der Waals surface area contributed by atoms with Gasteiger partial charge in [-0.05, 0) is 48.7 Å². The Morgan fingerprint density at radius 2 is 1.86 bits per heavy atom. The predicted octanol–water partition coefficient (Wildman–Crippen LogP) is 4.96. The lowest BCUT2D eigenvalue weighted by Crippen LogP contribution is -2.20. The molecule has 0 atom stereocenters. The van der Waals surface area contributed by atoms with Crippen molar-refractivity contribution in [3.63, 3.8) is 0 Å². The third kappa shape index (κ3) is 5.14. The molecule has 0 bridgehead atoms. The minimum atomic E-state index is -3.49. The van der Waals surface area contributed by atoms with E-state index in [4.69, 9.17) is 16.3 Å². The number of hydrogen-bond acceptors (Lipinski definition) is 4. The highest BCUT2D eigenvalue weighted by Crippen LogP contribution is 2.30. The number of carbonyl (C=O) groups is 1. The quantitative estimate of drug-likeness (QED) is 0.611. The number of amides is 1. The van der Waals surface area contributed by atoms with Gasteiger partial charge in [-0.15, -0.1) is 0 Å². The van der Waals surface area contributed by atoms with Gasteiger partial charge in [0.2, 0.25) is 5.91 Å². The van der Waals surface area contributed by atoms with E-state index in [2.05, 4.69) is 5.32 Å². The van der Waals surface area contributed by atoms with E-state index < -0.39 is 21.0 Å². The van der Waals surface area contributed by atoms with Crippen LogP contribution >= 0.6 is 11.6 Å². The summed E-state index contributed by atoms with van der Waals surface area (Å²) in [6.07, 6.45) is 3.97. The topological polar surface area (TPSA) is 72.5 Å². The zero-order valence-corrected chi connectivity index (χ0v) is 17.7. The number of benzene rings is 2. The number of anilines is 1. The Labute approximate surface area is 171 Å². The summed E-state index contributed by atoms with van der Waals surface area (Å²) in [6.45, 7) is 3.69. The van der Waals surface area contributed by atoms with Gasteiger partial charge in [0.05, 0.1) is 22.9 Å². The third-order valence-electron chi connectivity index (χ3n) is 4.43. The lowest BCUT2D eigenvalue weighted by Gasteiger charge is -2.16. The summed E-state index contributed by atoms with van der Waals surface area (Å²) < 4.78 is 30.9. The van der Waals surface area contributed by atoms with Crippen molar-refractivity contribution in [3.05, 3.63) is 59.1 Å². The first-order chi connectivity index (χ1) is 13.3. The van der Waals surface area contributed by atoms with Gasteiger partial charge in [-0.1, -0.05) is 43.6 Å². The van der Waals surface area contributed by atoms with Crippen LogP contribution in [0.4, 0.5) is 5.69 Å². The molecule has 150 valence electrons. The van der Waals surface area contributed by atoms with Crippen LogP contribution in [0.15, 0.2) is 53.4 Å². The van der Waals surface area contributed by atoms with Crippen molar-refractivity contribution in [2.45, 2.75) is 36.8 Å². The highest BCUT2D eigenvalue weighted by molar-refractivity contribution is 7.92. The first-order valence-corrected chi connectivity index (χ1v) is 10.9. The van der Waals surface area contributed by atoms with E-state index in [1.54, 1.807) is 30.3 Å². The first kappa shape index (κ1) is 22.0. The molecule has 0 radical (unpaired) electrons. The second kappa shape index (κ2) is 9.75. The molecule has 7 heteroatoms. The molecule has 1 amide bonds. The van der Waals surface area contributed by atoms with Gasteiger partial charge < -0.3 is 10.1 Å². The molecule has 0 spiro atoms. The lowest BCUT2D eigenvalue weighted by molar-refractivity contribution is -0.111. The zero-order valence-electron chi connectivity index (χ0n) is 16.1. The van der Waals surface area contributed by atoms with Gasteiger partial charge in [0.25, 0.3) is 0 Å². The van der Waals surface area contributed by atoms with Crippen LogP contribution in [0, 0.1) is 0 Å². The average Bonchev–Trinajstić information content (AvgIpc) is 2.68. The Morgan fingerprint density at radius 1 is 1.18 bits per heavy atom. The van der Waals surface area contributed by atoms with Gasteiger partial charge in [-0.25, -0.2) is 8.42 Å². The number of rotatable bonds is 8. The van der Waals surface area contributed by atoms with Crippen LogP contribution in [0.2, 0.25) is 5.02 Å². The number of ether oxygens (including phenoxy) is 1.